The van der Waals surface area contributed by atoms with E-state index in [1.165, 1.54) is 0 Å². The predicted molar refractivity (Wildman–Crippen MR) is 87.2 cm³/mol. The zero-order valence-corrected chi connectivity index (χ0v) is 13.7. The number of para-hydroxylation sites is 1. The van der Waals surface area contributed by atoms with Gasteiger partial charge in [-0.2, -0.15) is 0 Å². The van der Waals surface area contributed by atoms with Gasteiger partial charge in [-0.15, -0.1) is 0 Å². The molecule has 0 saturated carbocycles. The van der Waals surface area contributed by atoms with Crippen molar-refractivity contribution in [2.75, 3.05) is 7.05 Å². The number of benzene rings is 1. The minimum atomic E-state index is 0.181. The smallest absolute Gasteiger partial charge is 0.148 e. The highest BCUT2D eigenvalue weighted by atomic mass is 79.9. The number of hydrogen-bond donors (Lipinski definition) is 1. The highest BCUT2D eigenvalue weighted by Crippen LogP contribution is 2.30. The molecule has 3 rings (SSSR count). The summed E-state index contributed by atoms with van der Waals surface area (Å²) < 4.78 is 9.06. The Labute approximate surface area is 132 Å². The van der Waals surface area contributed by atoms with Gasteiger partial charge in [-0.1, -0.05) is 12.1 Å². The average Bonchev–Trinajstić information content (AvgIpc) is 3.07. The molecule has 1 N–H and O–H groups in total. The molecule has 0 bridgehead atoms. The van der Waals surface area contributed by atoms with E-state index in [1.54, 1.807) is 0 Å². The van der Waals surface area contributed by atoms with E-state index < -0.39 is 0 Å². The van der Waals surface area contributed by atoms with Gasteiger partial charge in [0.2, 0.25) is 0 Å². The molecule has 110 valence electrons. The van der Waals surface area contributed by atoms with Crippen LogP contribution in [0.15, 0.2) is 45.5 Å². The van der Waals surface area contributed by atoms with Gasteiger partial charge in [0, 0.05) is 31.2 Å². The maximum atomic E-state index is 6.02. The van der Waals surface area contributed by atoms with Gasteiger partial charge >= 0.3 is 0 Å². The summed E-state index contributed by atoms with van der Waals surface area (Å²) in [4.78, 5) is 4.37. The minimum absolute atomic E-state index is 0.181. The number of aromatic nitrogens is 2. The SMILES string of the molecule is CNC(CCc1nccn1C)c1cc2cccc(Br)c2o1. The van der Waals surface area contributed by atoms with Crippen molar-refractivity contribution in [2.45, 2.75) is 18.9 Å². The second-order valence-electron chi connectivity index (χ2n) is 5.14. The first-order valence-corrected chi connectivity index (χ1v) is 7.79. The highest BCUT2D eigenvalue weighted by molar-refractivity contribution is 9.10. The van der Waals surface area contributed by atoms with Gasteiger partial charge in [0.25, 0.3) is 0 Å². The Balaban J connectivity index is 1.81. The fourth-order valence-electron chi connectivity index (χ4n) is 2.56. The topological polar surface area (TPSA) is 43.0 Å². The molecule has 3 aromatic rings. The third-order valence-corrected chi connectivity index (χ3v) is 4.41. The summed E-state index contributed by atoms with van der Waals surface area (Å²) in [7, 11) is 3.99. The molecule has 1 atom stereocenters. The van der Waals surface area contributed by atoms with E-state index in [9.17, 15) is 0 Å². The van der Waals surface area contributed by atoms with E-state index in [0.29, 0.717) is 0 Å². The van der Waals surface area contributed by atoms with Crippen LogP contribution in [0.2, 0.25) is 0 Å². The molecule has 0 spiro atoms. The van der Waals surface area contributed by atoms with Crippen LogP contribution in [0.1, 0.15) is 24.0 Å². The molecule has 1 unspecified atom stereocenters. The molecule has 4 nitrogen and oxygen atoms in total. The van der Waals surface area contributed by atoms with Crippen LogP contribution < -0.4 is 5.32 Å². The van der Waals surface area contributed by atoms with Crippen LogP contribution in [0.3, 0.4) is 0 Å². The zero-order valence-electron chi connectivity index (χ0n) is 12.1. The largest absolute Gasteiger partial charge is 0.458 e. The first kappa shape index (κ1) is 14.4. The van der Waals surface area contributed by atoms with E-state index in [0.717, 1.165) is 39.9 Å². The normalized spacial score (nSPS) is 12.9. The van der Waals surface area contributed by atoms with Gasteiger partial charge in [0.15, 0.2) is 0 Å². The molecule has 0 aliphatic carbocycles. The maximum absolute atomic E-state index is 6.02. The Morgan fingerprint density at radius 1 is 1.43 bits per heavy atom. The molecule has 2 aromatic heterocycles. The molecule has 0 fully saturated rings. The fourth-order valence-corrected chi connectivity index (χ4v) is 3.02. The molecule has 1 aromatic carbocycles. The van der Waals surface area contributed by atoms with Crippen LogP contribution in [0.4, 0.5) is 0 Å². The first-order chi connectivity index (χ1) is 10.2. The summed E-state index contributed by atoms with van der Waals surface area (Å²) in [6, 6.07) is 8.38. The van der Waals surface area contributed by atoms with Crippen molar-refractivity contribution in [3.05, 3.63) is 52.7 Å². The van der Waals surface area contributed by atoms with Crippen LogP contribution in [-0.2, 0) is 13.5 Å². The van der Waals surface area contributed by atoms with Crippen LogP contribution in [-0.4, -0.2) is 16.6 Å². The molecule has 0 aliphatic rings. The number of rotatable bonds is 5. The van der Waals surface area contributed by atoms with E-state index >= 15 is 0 Å². The lowest BCUT2D eigenvalue weighted by Crippen LogP contribution is -2.17. The van der Waals surface area contributed by atoms with E-state index in [1.807, 2.05) is 38.6 Å². The van der Waals surface area contributed by atoms with Gasteiger partial charge in [-0.05, 0) is 41.5 Å². The Hall–Kier alpha value is -1.59. The Kier molecular flexibility index (Phi) is 4.12. The Bertz CT molecular complexity index is 747. The van der Waals surface area contributed by atoms with Gasteiger partial charge in [0.05, 0.1) is 10.5 Å². The lowest BCUT2D eigenvalue weighted by atomic mass is 10.1. The fraction of sp³-hybridized carbons (Fsp3) is 0.312. The number of nitrogens with zero attached hydrogens (tertiary/aromatic N) is 2. The molecular weight excluding hydrogens is 330 g/mol. The third-order valence-electron chi connectivity index (χ3n) is 3.78. The van der Waals surface area contributed by atoms with Crippen molar-refractivity contribution in [1.29, 1.82) is 0 Å². The lowest BCUT2D eigenvalue weighted by molar-refractivity contribution is 0.429. The molecule has 5 heteroatoms. The number of imidazole rings is 1. The van der Waals surface area contributed by atoms with Crippen molar-refractivity contribution >= 4 is 26.9 Å². The molecule has 0 aliphatic heterocycles. The number of nitrogens with one attached hydrogen (secondary N) is 1. The summed E-state index contributed by atoms with van der Waals surface area (Å²) in [5.74, 6) is 2.06. The van der Waals surface area contributed by atoms with Gasteiger partial charge < -0.3 is 14.3 Å². The molecule has 0 amide bonds. The van der Waals surface area contributed by atoms with E-state index in [2.05, 4.69) is 42.9 Å². The molecule has 21 heavy (non-hydrogen) atoms. The maximum Gasteiger partial charge on any atom is 0.148 e. The van der Waals surface area contributed by atoms with E-state index in [4.69, 9.17) is 4.42 Å². The second-order valence-corrected chi connectivity index (χ2v) is 6.00. The monoisotopic (exact) mass is 347 g/mol. The summed E-state index contributed by atoms with van der Waals surface area (Å²) in [5, 5.41) is 4.46. The summed E-state index contributed by atoms with van der Waals surface area (Å²) in [6.45, 7) is 0. The Morgan fingerprint density at radius 3 is 2.95 bits per heavy atom. The zero-order chi connectivity index (χ0) is 14.8. The molecular formula is C16H18BrN3O. The van der Waals surface area contributed by atoms with Crippen LogP contribution in [0.5, 0.6) is 0 Å². The van der Waals surface area contributed by atoms with Crippen LogP contribution in [0.25, 0.3) is 11.0 Å². The number of fused-ring (bicyclic) bond motifs is 1. The average molecular weight is 348 g/mol. The van der Waals surface area contributed by atoms with Crippen molar-refractivity contribution in [3.8, 4) is 0 Å². The lowest BCUT2D eigenvalue weighted by Gasteiger charge is -2.13. The van der Waals surface area contributed by atoms with E-state index in [-0.39, 0.29) is 6.04 Å². The number of furan rings is 1. The third kappa shape index (κ3) is 2.89. The first-order valence-electron chi connectivity index (χ1n) is 7.00. The number of halogens is 1. The quantitative estimate of drug-likeness (QED) is 0.762. The highest BCUT2D eigenvalue weighted by Gasteiger charge is 2.16. The van der Waals surface area contributed by atoms with Crippen LogP contribution in [0, 0.1) is 0 Å². The predicted octanol–water partition coefficient (Wildman–Crippen LogP) is 3.82. The second kappa shape index (κ2) is 6.03. The van der Waals surface area contributed by atoms with Crippen molar-refractivity contribution < 1.29 is 4.42 Å². The number of aryl methyl sites for hydroxylation is 2. The Morgan fingerprint density at radius 2 is 2.29 bits per heavy atom. The molecule has 2 heterocycles. The van der Waals surface area contributed by atoms with Crippen LogP contribution >= 0.6 is 15.9 Å². The van der Waals surface area contributed by atoms with Gasteiger partial charge in [-0.3, -0.25) is 0 Å². The summed E-state index contributed by atoms with van der Waals surface area (Å²) >= 11 is 3.53. The molecule has 0 radical (unpaired) electrons. The summed E-state index contributed by atoms with van der Waals surface area (Å²) in [6.07, 6.45) is 5.66. The van der Waals surface area contributed by atoms with Gasteiger partial charge in [0.1, 0.15) is 17.2 Å². The summed E-state index contributed by atoms with van der Waals surface area (Å²) in [5.41, 5.74) is 0.907. The van der Waals surface area contributed by atoms with Gasteiger partial charge in [-0.25, -0.2) is 4.98 Å². The minimum Gasteiger partial charge on any atom is -0.458 e. The van der Waals surface area contributed by atoms with Crippen molar-refractivity contribution in [1.82, 2.24) is 14.9 Å². The van der Waals surface area contributed by atoms with Crippen molar-refractivity contribution in [2.24, 2.45) is 7.05 Å². The standard InChI is InChI=1S/C16H18BrN3O/c1-18-13(6-7-15-19-8-9-20(15)2)14-10-11-4-3-5-12(17)16(11)21-14/h3-5,8-10,13,18H,6-7H2,1-2H3. The van der Waals surface area contributed by atoms with Crippen molar-refractivity contribution in [3.63, 3.8) is 0 Å². The number of hydrogen-bond acceptors (Lipinski definition) is 3. The molecule has 0 saturated heterocycles.